The molecule has 2 aromatic heterocycles. The molecule has 1 atom stereocenters. The van der Waals surface area contributed by atoms with Gasteiger partial charge in [-0.25, -0.2) is 4.98 Å². The summed E-state index contributed by atoms with van der Waals surface area (Å²) in [6.07, 6.45) is 4.09. The molecule has 0 aromatic carbocycles. The molecule has 138 valence electrons. The lowest BCUT2D eigenvalue weighted by Crippen LogP contribution is -2.48. The summed E-state index contributed by atoms with van der Waals surface area (Å²) in [5.41, 5.74) is 2.59. The summed E-state index contributed by atoms with van der Waals surface area (Å²) >= 11 is 0. The van der Waals surface area contributed by atoms with Gasteiger partial charge in [0.25, 0.3) is 0 Å². The number of amides is 1. The zero-order valence-corrected chi connectivity index (χ0v) is 15.3. The second-order valence-corrected chi connectivity index (χ2v) is 6.91. The van der Waals surface area contributed by atoms with E-state index in [1.807, 2.05) is 31.3 Å². The maximum absolute atomic E-state index is 12.9. The van der Waals surface area contributed by atoms with Crippen molar-refractivity contribution in [1.29, 1.82) is 5.26 Å². The van der Waals surface area contributed by atoms with E-state index in [1.54, 1.807) is 11.1 Å². The summed E-state index contributed by atoms with van der Waals surface area (Å²) in [5.74, 6) is 0.872. The van der Waals surface area contributed by atoms with Crippen LogP contribution in [0, 0.1) is 17.2 Å². The fraction of sp³-hybridized carbons (Fsp3) is 0.421. The molecule has 0 N–H and O–H groups in total. The van der Waals surface area contributed by atoms with Gasteiger partial charge in [-0.3, -0.25) is 9.78 Å². The average molecular weight is 364 g/mol. The number of methoxy groups -OCH3 is 1. The summed E-state index contributed by atoms with van der Waals surface area (Å²) in [6, 6.07) is 5.73. The minimum atomic E-state index is -0.162. The number of hydrogen-bond acceptors (Lipinski definition) is 7. The Morgan fingerprint density at radius 3 is 2.89 bits per heavy atom. The van der Waals surface area contributed by atoms with Gasteiger partial charge in [-0.15, -0.1) is 0 Å². The van der Waals surface area contributed by atoms with Crippen LogP contribution in [0.1, 0.15) is 36.5 Å². The van der Waals surface area contributed by atoms with Gasteiger partial charge in [-0.1, -0.05) is 0 Å². The highest BCUT2D eigenvalue weighted by Crippen LogP contribution is 2.38. The van der Waals surface area contributed by atoms with Gasteiger partial charge < -0.3 is 14.5 Å². The summed E-state index contributed by atoms with van der Waals surface area (Å²) in [4.78, 5) is 29.4. The standard InChI is InChI=1S/C19H20N6O2/c1-12-18-15(22-16(7-20)23-19(18)27-2)11-25(12)17(26)6-13-9-24(10-13)14-4-3-5-21-8-14/h3-5,8,12-13H,6,9-11H2,1-2H3. The van der Waals surface area contributed by atoms with E-state index < -0.39 is 0 Å². The third kappa shape index (κ3) is 3.05. The van der Waals surface area contributed by atoms with Crippen LogP contribution in [0.3, 0.4) is 0 Å². The number of nitrogens with zero attached hydrogens (tertiary/aromatic N) is 6. The van der Waals surface area contributed by atoms with Crippen LogP contribution < -0.4 is 9.64 Å². The Hall–Kier alpha value is -3.21. The number of carbonyl (C=O) groups is 1. The molecule has 0 aliphatic carbocycles. The van der Waals surface area contributed by atoms with Gasteiger partial charge in [-0.05, 0) is 19.1 Å². The Morgan fingerprint density at radius 1 is 1.41 bits per heavy atom. The summed E-state index contributed by atoms with van der Waals surface area (Å²) in [7, 11) is 1.52. The lowest BCUT2D eigenvalue weighted by atomic mass is 9.95. The van der Waals surface area contributed by atoms with Crippen LogP contribution in [-0.2, 0) is 11.3 Å². The fourth-order valence-electron chi connectivity index (χ4n) is 3.81. The van der Waals surface area contributed by atoms with E-state index in [0.29, 0.717) is 30.5 Å². The second-order valence-electron chi connectivity index (χ2n) is 6.91. The van der Waals surface area contributed by atoms with Crippen molar-refractivity contribution in [3.05, 3.63) is 41.6 Å². The number of nitriles is 1. The molecule has 8 nitrogen and oxygen atoms in total. The first kappa shape index (κ1) is 17.2. The van der Waals surface area contributed by atoms with E-state index in [4.69, 9.17) is 10.00 Å². The molecular formula is C19H20N6O2. The molecule has 4 rings (SSSR count). The lowest BCUT2D eigenvalue weighted by Gasteiger charge is -2.41. The number of carbonyl (C=O) groups excluding carboxylic acids is 1. The Bertz CT molecular complexity index is 904. The molecule has 8 heteroatoms. The number of hydrogen-bond donors (Lipinski definition) is 0. The minimum absolute atomic E-state index is 0.0678. The van der Waals surface area contributed by atoms with Gasteiger partial charge in [-0.2, -0.15) is 10.2 Å². The molecule has 4 heterocycles. The smallest absolute Gasteiger partial charge is 0.235 e. The van der Waals surface area contributed by atoms with Crippen molar-refractivity contribution in [3.63, 3.8) is 0 Å². The van der Waals surface area contributed by atoms with Crippen LogP contribution in [0.15, 0.2) is 24.5 Å². The SMILES string of the molecule is COc1nc(C#N)nc2c1C(C)N(C(=O)CC1CN(c3cccnc3)C1)C2. The number of anilines is 1. The predicted octanol–water partition coefficient (Wildman–Crippen LogP) is 1.68. The van der Waals surface area contributed by atoms with Crippen molar-refractivity contribution in [2.75, 3.05) is 25.1 Å². The van der Waals surface area contributed by atoms with Crippen molar-refractivity contribution in [1.82, 2.24) is 19.9 Å². The molecule has 1 unspecified atom stereocenters. The van der Waals surface area contributed by atoms with E-state index in [-0.39, 0.29) is 17.8 Å². The normalized spacial score (nSPS) is 18.6. The molecule has 0 radical (unpaired) electrons. The zero-order chi connectivity index (χ0) is 19.0. The number of rotatable bonds is 4. The second kappa shape index (κ2) is 6.83. The van der Waals surface area contributed by atoms with Crippen molar-refractivity contribution in [2.24, 2.45) is 5.92 Å². The molecule has 1 fully saturated rings. The van der Waals surface area contributed by atoms with Crippen LogP contribution in [-0.4, -0.2) is 46.0 Å². The Balaban J connectivity index is 1.41. The molecule has 0 spiro atoms. The van der Waals surface area contributed by atoms with E-state index in [1.165, 1.54) is 7.11 Å². The van der Waals surface area contributed by atoms with E-state index in [0.717, 1.165) is 24.3 Å². The molecule has 2 aliphatic heterocycles. The quantitative estimate of drug-likeness (QED) is 0.814. The Labute approximate surface area is 157 Å². The molecule has 1 saturated heterocycles. The van der Waals surface area contributed by atoms with E-state index in [9.17, 15) is 4.79 Å². The first-order valence-electron chi connectivity index (χ1n) is 8.90. The monoisotopic (exact) mass is 364 g/mol. The third-order valence-corrected chi connectivity index (χ3v) is 5.24. The van der Waals surface area contributed by atoms with Crippen LogP contribution in [0.5, 0.6) is 5.88 Å². The van der Waals surface area contributed by atoms with Crippen molar-refractivity contribution >= 4 is 11.6 Å². The van der Waals surface area contributed by atoms with Crippen LogP contribution >= 0.6 is 0 Å². The third-order valence-electron chi connectivity index (χ3n) is 5.24. The highest BCUT2D eigenvalue weighted by Gasteiger charge is 2.38. The van der Waals surface area contributed by atoms with Gasteiger partial charge in [0.2, 0.25) is 17.6 Å². The fourth-order valence-corrected chi connectivity index (χ4v) is 3.81. The van der Waals surface area contributed by atoms with Crippen molar-refractivity contribution < 1.29 is 9.53 Å². The number of ether oxygens (including phenoxy) is 1. The van der Waals surface area contributed by atoms with Gasteiger partial charge in [0, 0.05) is 31.6 Å². The molecule has 2 aromatic rings. The number of aromatic nitrogens is 3. The molecule has 2 aliphatic rings. The van der Waals surface area contributed by atoms with Gasteiger partial charge in [0.1, 0.15) is 6.07 Å². The topological polar surface area (TPSA) is 95.2 Å². The van der Waals surface area contributed by atoms with E-state index >= 15 is 0 Å². The first-order valence-corrected chi connectivity index (χ1v) is 8.90. The predicted molar refractivity (Wildman–Crippen MR) is 96.8 cm³/mol. The molecule has 1 amide bonds. The molecule has 0 saturated carbocycles. The van der Waals surface area contributed by atoms with Gasteiger partial charge >= 0.3 is 0 Å². The van der Waals surface area contributed by atoms with Crippen molar-refractivity contribution in [3.8, 4) is 11.9 Å². The summed E-state index contributed by atoms with van der Waals surface area (Å²) < 4.78 is 5.32. The summed E-state index contributed by atoms with van der Waals surface area (Å²) in [6.45, 7) is 4.05. The van der Waals surface area contributed by atoms with Crippen LogP contribution in [0.25, 0.3) is 0 Å². The molecule has 0 bridgehead atoms. The lowest BCUT2D eigenvalue weighted by molar-refractivity contribution is -0.134. The zero-order valence-electron chi connectivity index (χ0n) is 15.3. The average Bonchev–Trinajstić information content (AvgIpc) is 3.00. The van der Waals surface area contributed by atoms with Crippen molar-refractivity contribution in [2.45, 2.75) is 25.9 Å². The number of fused-ring (bicyclic) bond motifs is 1. The first-order chi connectivity index (χ1) is 13.1. The summed E-state index contributed by atoms with van der Waals surface area (Å²) in [5, 5.41) is 9.09. The Kier molecular flexibility index (Phi) is 4.36. The highest BCUT2D eigenvalue weighted by atomic mass is 16.5. The molecular weight excluding hydrogens is 344 g/mol. The maximum atomic E-state index is 12.9. The maximum Gasteiger partial charge on any atom is 0.235 e. The van der Waals surface area contributed by atoms with Gasteiger partial charge in [0.05, 0.1) is 42.8 Å². The highest BCUT2D eigenvalue weighted by molar-refractivity contribution is 5.78. The number of pyridine rings is 1. The van der Waals surface area contributed by atoms with Crippen LogP contribution in [0.2, 0.25) is 0 Å². The molecule has 27 heavy (non-hydrogen) atoms. The largest absolute Gasteiger partial charge is 0.481 e. The van der Waals surface area contributed by atoms with Gasteiger partial charge in [0.15, 0.2) is 0 Å². The van der Waals surface area contributed by atoms with Crippen LogP contribution in [0.4, 0.5) is 5.69 Å². The minimum Gasteiger partial charge on any atom is -0.481 e. The Morgan fingerprint density at radius 2 is 2.22 bits per heavy atom. The van der Waals surface area contributed by atoms with E-state index in [2.05, 4.69) is 19.9 Å².